The van der Waals surface area contributed by atoms with Crippen LogP contribution in [0.5, 0.6) is 5.75 Å². The van der Waals surface area contributed by atoms with Gasteiger partial charge in [0.1, 0.15) is 5.75 Å². The molecule has 2 aromatic carbocycles. The second kappa shape index (κ2) is 5.36. The minimum absolute atomic E-state index is 0.497. The van der Waals surface area contributed by atoms with Gasteiger partial charge >= 0.3 is 6.09 Å². The lowest BCUT2D eigenvalue weighted by molar-refractivity contribution is 0.215. The lowest BCUT2D eigenvalue weighted by Gasteiger charge is -2.08. The van der Waals surface area contributed by atoms with Gasteiger partial charge in [-0.05, 0) is 49.2 Å². The highest BCUT2D eigenvalue weighted by atomic mass is 16.6. The first-order valence-corrected chi connectivity index (χ1v) is 5.67. The van der Waals surface area contributed by atoms with E-state index in [0.717, 1.165) is 16.8 Å². The molecular formula is C15H14NO2. The van der Waals surface area contributed by atoms with Crippen LogP contribution in [0.25, 0.3) is 0 Å². The van der Waals surface area contributed by atoms with Crippen molar-refractivity contribution in [2.45, 2.75) is 13.8 Å². The number of amides is 1. The van der Waals surface area contributed by atoms with E-state index in [1.54, 1.807) is 12.1 Å². The van der Waals surface area contributed by atoms with Crippen molar-refractivity contribution in [2.24, 2.45) is 0 Å². The molecule has 0 bridgehead atoms. The molecule has 0 aromatic heterocycles. The Hall–Kier alpha value is -2.29. The van der Waals surface area contributed by atoms with E-state index in [9.17, 15) is 4.79 Å². The first-order valence-electron chi connectivity index (χ1n) is 5.67. The van der Waals surface area contributed by atoms with Crippen LogP contribution in [0.2, 0.25) is 0 Å². The summed E-state index contributed by atoms with van der Waals surface area (Å²) in [5, 5.41) is 2.68. The minimum atomic E-state index is -0.497. The number of ether oxygens (including phenoxy) is 1. The van der Waals surface area contributed by atoms with Crippen LogP contribution in [0.3, 0.4) is 0 Å². The smallest absolute Gasteiger partial charge is 0.410 e. The number of rotatable bonds is 2. The Kier molecular flexibility index (Phi) is 3.63. The average Bonchev–Trinajstić information content (AvgIpc) is 2.32. The zero-order valence-corrected chi connectivity index (χ0v) is 10.4. The zero-order chi connectivity index (χ0) is 13.0. The van der Waals surface area contributed by atoms with Crippen molar-refractivity contribution in [3.63, 3.8) is 0 Å². The summed E-state index contributed by atoms with van der Waals surface area (Å²) in [6, 6.07) is 15.7. The van der Waals surface area contributed by atoms with Crippen LogP contribution < -0.4 is 10.1 Å². The SMILES string of the molecule is Cc1cccc(NC(=O)Oc2c[c]ccc2C)c1. The zero-order valence-electron chi connectivity index (χ0n) is 10.4. The molecule has 0 fully saturated rings. The normalized spacial score (nSPS) is 9.89. The monoisotopic (exact) mass is 240 g/mol. The van der Waals surface area contributed by atoms with Crippen molar-refractivity contribution < 1.29 is 9.53 Å². The highest BCUT2D eigenvalue weighted by Gasteiger charge is 2.06. The molecule has 3 nitrogen and oxygen atoms in total. The molecule has 0 atom stereocenters. The van der Waals surface area contributed by atoms with Crippen molar-refractivity contribution in [2.75, 3.05) is 5.32 Å². The van der Waals surface area contributed by atoms with Gasteiger partial charge < -0.3 is 4.74 Å². The third-order valence-electron chi connectivity index (χ3n) is 2.50. The predicted molar refractivity (Wildman–Crippen MR) is 70.8 cm³/mol. The molecule has 0 saturated carbocycles. The quantitative estimate of drug-likeness (QED) is 0.868. The van der Waals surface area contributed by atoms with E-state index in [4.69, 9.17) is 4.74 Å². The van der Waals surface area contributed by atoms with Crippen molar-refractivity contribution in [3.8, 4) is 5.75 Å². The van der Waals surface area contributed by atoms with E-state index in [1.807, 2.05) is 44.2 Å². The second-order valence-corrected chi connectivity index (χ2v) is 4.08. The predicted octanol–water partition coefficient (Wildman–Crippen LogP) is 3.71. The van der Waals surface area contributed by atoms with E-state index in [-0.39, 0.29) is 0 Å². The van der Waals surface area contributed by atoms with Gasteiger partial charge in [-0.25, -0.2) is 4.79 Å². The number of carbonyl (C=O) groups is 1. The van der Waals surface area contributed by atoms with Crippen molar-refractivity contribution in [1.29, 1.82) is 0 Å². The summed E-state index contributed by atoms with van der Waals surface area (Å²) in [5.74, 6) is 0.516. The molecule has 0 heterocycles. The molecule has 91 valence electrons. The Morgan fingerprint density at radius 3 is 2.83 bits per heavy atom. The van der Waals surface area contributed by atoms with E-state index >= 15 is 0 Å². The molecule has 0 spiro atoms. The Morgan fingerprint density at radius 2 is 2.11 bits per heavy atom. The molecule has 2 aromatic rings. The fraction of sp³-hybridized carbons (Fsp3) is 0.133. The highest BCUT2D eigenvalue weighted by molar-refractivity contribution is 5.86. The number of carbonyl (C=O) groups excluding carboxylic acids is 1. The topological polar surface area (TPSA) is 38.3 Å². The van der Waals surface area contributed by atoms with Crippen molar-refractivity contribution >= 4 is 11.8 Å². The summed E-state index contributed by atoms with van der Waals surface area (Å²) in [4.78, 5) is 11.7. The third kappa shape index (κ3) is 3.10. The first kappa shape index (κ1) is 12.2. The maximum absolute atomic E-state index is 11.7. The standard InChI is InChI=1S/C15H14NO2/c1-11-6-5-8-13(10-11)16-15(17)18-14-9-4-3-7-12(14)2/h3,5-10H,1-2H3,(H,16,17). The molecule has 0 aliphatic carbocycles. The molecule has 0 unspecified atom stereocenters. The van der Waals surface area contributed by atoms with Crippen LogP contribution in [0.1, 0.15) is 11.1 Å². The number of benzene rings is 2. The van der Waals surface area contributed by atoms with Gasteiger partial charge in [-0.2, -0.15) is 0 Å². The van der Waals surface area contributed by atoms with Crippen molar-refractivity contribution in [3.05, 3.63) is 59.7 Å². The molecule has 1 N–H and O–H groups in total. The van der Waals surface area contributed by atoms with Gasteiger partial charge in [0.05, 0.1) is 0 Å². The minimum Gasteiger partial charge on any atom is -0.410 e. The maximum atomic E-state index is 11.7. The van der Waals surface area contributed by atoms with Crippen LogP contribution in [-0.4, -0.2) is 6.09 Å². The fourth-order valence-corrected chi connectivity index (χ4v) is 1.57. The number of hydrogen-bond donors (Lipinski definition) is 1. The molecule has 0 aliphatic heterocycles. The van der Waals surface area contributed by atoms with Crippen LogP contribution in [0.15, 0.2) is 42.5 Å². The lowest BCUT2D eigenvalue weighted by Crippen LogP contribution is -2.17. The maximum Gasteiger partial charge on any atom is 0.417 e. The number of aryl methyl sites for hydroxylation is 2. The highest BCUT2D eigenvalue weighted by Crippen LogP contribution is 2.17. The van der Waals surface area contributed by atoms with Crippen LogP contribution >= 0.6 is 0 Å². The van der Waals surface area contributed by atoms with E-state index in [0.29, 0.717) is 5.75 Å². The average molecular weight is 240 g/mol. The molecule has 1 radical (unpaired) electrons. The first-order chi connectivity index (χ1) is 8.65. The van der Waals surface area contributed by atoms with Crippen LogP contribution in [0.4, 0.5) is 10.5 Å². The van der Waals surface area contributed by atoms with Gasteiger partial charge in [-0.3, -0.25) is 5.32 Å². The van der Waals surface area contributed by atoms with E-state index in [1.165, 1.54) is 0 Å². The summed E-state index contributed by atoms with van der Waals surface area (Å²) in [7, 11) is 0. The summed E-state index contributed by atoms with van der Waals surface area (Å²) in [5.41, 5.74) is 2.70. The second-order valence-electron chi connectivity index (χ2n) is 4.08. The molecule has 18 heavy (non-hydrogen) atoms. The van der Waals surface area contributed by atoms with Gasteiger partial charge in [0.15, 0.2) is 0 Å². The number of nitrogens with one attached hydrogen (secondary N) is 1. The molecule has 0 aliphatic rings. The Morgan fingerprint density at radius 1 is 1.28 bits per heavy atom. The molecule has 2 rings (SSSR count). The summed E-state index contributed by atoms with van der Waals surface area (Å²) in [6.07, 6.45) is -0.497. The number of hydrogen-bond acceptors (Lipinski definition) is 2. The van der Waals surface area contributed by atoms with Crippen molar-refractivity contribution in [1.82, 2.24) is 0 Å². The fourth-order valence-electron chi connectivity index (χ4n) is 1.57. The van der Waals surface area contributed by atoms with E-state index in [2.05, 4.69) is 11.4 Å². The number of anilines is 1. The van der Waals surface area contributed by atoms with Gasteiger partial charge in [0, 0.05) is 5.69 Å². The molecular weight excluding hydrogens is 226 g/mol. The van der Waals surface area contributed by atoms with Gasteiger partial charge in [0.25, 0.3) is 0 Å². The summed E-state index contributed by atoms with van der Waals surface area (Å²) >= 11 is 0. The molecule has 1 amide bonds. The van der Waals surface area contributed by atoms with Gasteiger partial charge in [-0.15, -0.1) is 0 Å². The van der Waals surface area contributed by atoms with Gasteiger partial charge in [0.2, 0.25) is 0 Å². The summed E-state index contributed by atoms with van der Waals surface area (Å²) < 4.78 is 5.21. The Labute approximate surface area is 106 Å². The largest absolute Gasteiger partial charge is 0.417 e. The van der Waals surface area contributed by atoms with E-state index < -0.39 is 6.09 Å². The van der Waals surface area contributed by atoms with Crippen LogP contribution in [-0.2, 0) is 0 Å². The third-order valence-corrected chi connectivity index (χ3v) is 2.50. The lowest BCUT2D eigenvalue weighted by atomic mass is 10.2. The summed E-state index contributed by atoms with van der Waals surface area (Å²) in [6.45, 7) is 3.84. The Bertz CT molecular complexity index is 564. The Balaban J connectivity index is 2.03. The van der Waals surface area contributed by atoms with Gasteiger partial charge in [-0.1, -0.05) is 24.3 Å². The van der Waals surface area contributed by atoms with Crippen LogP contribution in [0, 0.1) is 19.9 Å². The molecule has 3 heteroatoms. The molecule has 0 saturated heterocycles.